The molecule has 2 saturated heterocycles. The quantitative estimate of drug-likeness (QED) is 0.0122. The maximum absolute atomic E-state index is 14.3. The number of aliphatic hydroxyl groups is 2. The van der Waals surface area contributed by atoms with Crippen LogP contribution in [0.15, 0.2) is 109 Å². The number of para-hydroxylation sites is 1. The standard InChI is InChI=1S/C76H85N9O23S3/c1-44-53(50-18-19-54(79-64(50)69(95)96)47-17-16-46-10-8-11-51(52(46)30-47)66(91)81-71-80-55-12-4-5-13-60(55)109-71)33-78-84(44)43-75-38-73(2)37-74(3,39-75)41-76(40-73,42-75)106-25-23-82(24-27-110(98,99)100)72(97)105-35-48-15-14-45(29-58(48)107-70-65(90)57(86)32-59(108-70)68(93)94)9-6-7-22-77-61(87)34-83-49(36-104-26-28-111(101,102)103)31-56(67(83)92)85-62(88)20-21-63(85)89/h4-5,8,10-21,29-30,33,49,56-57,59,65,70,86,90H,6-7,9,22-28,31-32,34-43H2,1-3H3,(H,77,87)(H,93,94)(H,95,96)(H,80,81,91)(H,98,99,100)(H,101,102,103)/t49-,56-,57-,59-,65+,70+,73?,74?,75?,76?/m0/s1. The molecule has 3 aliphatic heterocycles. The Morgan fingerprint density at radius 3 is 2.26 bits per heavy atom. The van der Waals surface area contributed by atoms with Crippen LogP contribution in [0.5, 0.6) is 5.75 Å². The third-order valence-corrected chi connectivity index (χ3v) is 24.0. The predicted octanol–water partition coefficient (Wildman–Crippen LogP) is 6.83. The first-order valence-electron chi connectivity index (χ1n) is 36.3. The Bertz CT molecular complexity index is 5040. The molecule has 35 heteroatoms. The fourth-order valence-electron chi connectivity index (χ4n) is 17.8. The molecule has 4 saturated carbocycles. The number of ether oxygens (including phenoxy) is 5. The monoisotopic (exact) mass is 1590 g/mol. The second-order valence-electron chi connectivity index (χ2n) is 30.5. The Balaban J connectivity index is 0.659. The van der Waals surface area contributed by atoms with E-state index in [1.54, 1.807) is 36.5 Å². The van der Waals surface area contributed by atoms with Crippen LogP contribution in [-0.2, 0) is 82.7 Å². The number of aromatic carboxylic acids is 1. The average Bonchev–Trinajstić information content (AvgIpc) is 0.836. The SMILES string of the molecule is Cc1c(-c2ccc(-c3ccc4cccc(C(=O)Nc5nc6ccccc6s5)c4c3)nc2C(=O)O)cnn1CC12CC3(C)CC(C)(C1)CC(OCCN(CCS(=O)(=O)O)C(=O)OCc1ccc(CCCCNC(=O)CN4C(=O)[C@@H](N5C(=O)C=CC5=O)C[C@H]4COCCS(=O)(=O)O)cc1O[C@@H]1O[C@H](C(=O)O)C[C@H](O)[C@H]1O)(C3)C2. The van der Waals surface area contributed by atoms with Gasteiger partial charge in [0, 0.05) is 84.7 Å². The second-order valence-corrected chi connectivity index (χ2v) is 34.7. The normalized spacial score (nSPS) is 24.9. The minimum atomic E-state index is -4.63. The summed E-state index contributed by atoms with van der Waals surface area (Å²) in [6.45, 7) is 4.42. The number of unbranched alkanes of at least 4 members (excludes halogenated alkanes) is 1. The summed E-state index contributed by atoms with van der Waals surface area (Å²) < 4.78 is 99.0. The van der Waals surface area contributed by atoms with Crippen LogP contribution in [0.3, 0.4) is 0 Å². The molecule has 4 aliphatic carbocycles. The number of carbonyl (C=O) groups is 8. The van der Waals surface area contributed by atoms with Crippen LogP contribution in [0.1, 0.15) is 116 Å². The number of aliphatic carboxylic acids is 1. The summed E-state index contributed by atoms with van der Waals surface area (Å²) in [7, 11) is -9.01. The Morgan fingerprint density at radius 1 is 0.793 bits per heavy atom. The van der Waals surface area contributed by atoms with Gasteiger partial charge in [0.2, 0.25) is 18.1 Å². The Kier molecular flexibility index (Phi) is 22.8. The van der Waals surface area contributed by atoms with E-state index in [0.717, 1.165) is 67.4 Å². The van der Waals surface area contributed by atoms with Gasteiger partial charge in [-0.05, 0) is 140 Å². The lowest BCUT2D eigenvalue weighted by Gasteiger charge is -2.69. The van der Waals surface area contributed by atoms with Crippen molar-refractivity contribution >= 4 is 105 Å². The first-order valence-corrected chi connectivity index (χ1v) is 40.3. The van der Waals surface area contributed by atoms with Crippen molar-refractivity contribution in [2.75, 3.05) is 62.8 Å². The van der Waals surface area contributed by atoms with Crippen LogP contribution in [0, 0.1) is 23.2 Å². The molecule has 32 nitrogen and oxygen atoms in total. The van der Waals surface area contributed by atoms with E-state index in [1.807, 2.05) is 60.1 Å². The second kappa shape index (κ2) is 31.8. The minimum absolute atomic E-state index is 0.0585. The maximum Gasteiger partial charge on any atom is 0.410 e. The van der Waals surface area contributed by atoms with Gasteiger partial charge in [0.1, 0.15) is 24.5 Å². The van der Waals surface area contributed by atoms with Gasteiger partial charge in [-0.3, -0.25) is 48.0 Å². The third kappa shape index (κ3) is 18.1. The molecule has 4 aromatic carbocycles. The van der Waals surface area contributed by atoms with Crippen LogP contribution >= 0.6 is 11.3 Å². The molecule has 7 aromatic rings. The van der Waals surface area contributed by atoms with Crippen molar-refractivity contribution in [2.45, 2.75) is 147 Å². The maximum atomic E-state index is 14.3. The smallest absolute Gasteiger partial charge is 0.410 e. The molecule has 6 heterocycles. The number of nitrogens with one attached hydrogen (secondary N) is 2. The lowest BCUT2D eigenvalue weighted by Crippen LogP contribution is -2.64. The lowest BCUT2D eigenvalue weighted by atomic mass is 9.39. The Labute approximate surface area is 641 Å². The minimum Gasteiger partial charge on any atom is -0.479 e. The van der Waals surface area contributed by atoms with E-state index in [2.05, 4.69) is 29.5 Å². The zero-order chi connectivity index (χ0) is 79.1. The number of hydrogen-bond donors (Lipinski definition) is 8. The number of aromatic nitrogens is 4. The lowest BCUT2D eigenvalue weighted by molar-refractivity contribution is -0.248. The van der Waals surface area contributed by atoms with Gasteiger partial charge < -0.3 is 59.2 Å². The molecule has 590 valence electrons. The number of imide groups is 1. The molecule has 6 fully saturated rings. The van der Waals surface area contributed by atoms with Crippen LogP contribution in [0.2, 0.25) is 0 Å². The van der Waals surface area contributed by atoms with E-state index in [-0.39, 0.29) is 71.9 Å². The van der Waals surface area contributed by atoms with E-state index < -0.39 is 148 Å². The Morgan fingerprint density at radius 2 is 1.54 bits per heavy atom. The van der Waals surface area contributed by atoms with E-state index in [1.165, 1.54) is 23.5 Å². The first-order chi connectivity index (χ1) is 52.6. The molecule has 0 radical (unpaired) electrons. The molecule has 4 bridgehead atoms. The van der Waals surface area contributed by atoms with Crippen molar-refractivity contribution in [1.29, 1.82) is 0 Å². The summed E-state index contributed by atoms with van der Waals surface area (Å²) >= 11 is 1.37. The largest absolute Gasteiger partial charge is 0.479 e. The number of rotatable bonds is 32. The topological polar surface area (TPSA) is 450 Å². The van der Waals surface area contributed by atoms with Crippen molar-refractivity contribution in [1.82, 2.24) is 39.8 Å². The number of pyridine rings is 1. The molecular formula is C76H85N9O23S3. The zero-order valence-electron chi connectivity index (χ0n) is 60.9. The van der Waals surface area contributed by atoms with Crippen LogP contribution < -0.4 is 15.4 Å². The molecular weight excluding hydrogens is 1500 g/mol. The van der Waals surface area contributed by atoms with E-state index >= 15 is 0 Å². The summed E-state index contributed by atoms with van der Waals surface area (Å²) in [6, 6.07) is 24.6. The number of likely N-dealkylation sites (tertiary alicyclic amines) is 1. The van der Waals surface area contributed by atoms with Gasteiger partial charge in [0.05, 0.1) is 77.7 Å². The van der Waals surface area contributed by atoms with Gasteiger partial charge >= 0.3 is 18.0 Å². The number of hydrogen-bond acceptors (Lipinski definition) is 23. The highest BCUT2D eigenvalue weighted by molar-refractivity contribution is 7.86. The average molecular weight is 1590 g/mol. The fourth-order valence-corrected chi connectivity index (χ4v) is 19.5. The number of carboxylic acid groups (broad SMARTS) is 2. The molecule has 0 spiro atoms. The van der Waals surface area contributed by atoms with Crippen molar-refractivity contribution in [2.24, 2.45) is 16.2 Å². The van der Waals surface area contributed by atoms with Gasteiger partial charge in [-0.2, -0.15) is 21.9 Å². The summed E-state index contributed by atoms with van der Waals surface area (Å²) in [5.74, 6) is -7.44. The number of benzene rings is 4. The number of carbonyl (C=O) groups excluding carboxylic acids is 6. The van der Waals surface area contributed by atoms with Gasteiger partial charge in [0.15, 0.2) is 16.9 Å². The molecule has 111 heavy (non-hydrogen) atoms. The number of thiazole rings is 1. The number of nitrogens with zero attached hydrogens (tertiary/aromatic N) is 7. The number of carboxylic acids is 2. The highest BCUT2D eigenvalue weighted by atomic mass is 32.2. The van der Waals surface area contributed by atoms with E-state index in [9.17, 15) is 80.2 Å². The van der Waals surface area contributed by atoms with Gasteiger partial charge in [0.25, 0.3) is 38.0 Å². The van der Waals surface area contributed by atoms with Crippen LogP contribution in [0.25, 0.3) is 43.4 Å². The number of aliphatic hydroxyl groups excluding tert-OH is 2. The van der Waals surface area contributed by atoms with Crippen LogP contribution in [0.4, 0.5) is 9.93 Å². The number of fused-ring (bicyclic) bond motifs is 2. The summed E-state index contributed by atoms with van der Waals surface area (Å²) in [5, 5.41) is 54.8. The van der Waals surface area contributed by atoms with E-state index in [4.69, 9.17) is 38.3 Å². The van der Waals surface area contributed by atoms with Crippen molar-refractivity contribution in [3.8, 4) is 28.1 Å². The first kappa shape index (κ1) is 79.4. The molecule has 14 rings (SSSR count). The predicted molar refractivity (Wildman–Crippen MR) is 399 cm³/mol. The van der Waals surface area contributed by atoms with Crippen LogP contribution in [-0.4, -0.2) is 228 Å². The number of aryl methyl sites for hydroxylation is 1. The molecule has 6 amide bonds. The fraction of sp³-hybridized carbons (Fsp3) is 0.461. The zero-order valence-corrected chi connectivity index (χ0v) is 63.3. The highest BCUT2D eigenvalue weighted by Crippen LogP contribution is 2.72. The Hall–Kier alpha value is -9.69. The van der Waals surface area contributed by atoms with Gasteiger partial charge in [-0.1, -0.05) is 73.7 Å². The number of anilines is 1. The van der Waals surface area contributed by atoms with Crippen molar-refractivity contribution < 1.29 is 108 Å². The molecule has 8 N–H and O–H groups in total. The van der Waals surface area contributed by atoms with Gasteiger partial charge in [-0.15, -0.1) is 0 Å². The molecule has 8 atom stereocenters. The molecule has 7 aliphatic rings. The van der Waals surface area contributed by atoms with Crippen molar-refractivity contribution in [3.05, 3.63) is 137 Å². The summed E-state index contributed by atoms with van der Waals surface area (Å²) in [6.07, 6.45) is 1.12. The van der Waals surface area contributed by atoms with Gasteiger partial charge in [-0.25, -0.2) is 24.4 Å². The molecule has 3 aromatic heterocycles. The summed E-state index contributed by atoms with van der Waals surface area (Å²) in [5.41, 5.74) is 2.94. The molecule has 2 unspecified atom stereocenters. The van der Waals surface area contributed by atoms with Crippen molar-refractivity contribution in [3.63, 3.8) is 0 Å². The highest BCUT2D eigenvalue weighted by Gasteiger charge is 2.66. The van der Waals surface area contributed by atoms with E-state index in [0.29, 0.717) is 89.1 Å². The third-order valence-electron chi connectivity index (χ3n) is 21.6. The number of amides is 6. The summed E-state index contributed by atoms with van der Waals surface area (Å²) in [4.78, 5) is 118.